The van der Waals surface area contributed by atoms with Gasteiger partial charge in [0, 0.05) is 36.2 Å². The monoisotopic (exact) mass is 282 g/mol. The molecule has 0 aromatic carbocycles. The molecule has 0 atom stereocenters. The van der Waals surface area contributed by atoms with Crippen molar-refractivity contribution >= 4 is 6.09 Å². The molecule has 6 nitrogen and oxygen atoms in total. The van der Waals surface area contributed by atoms with Gasteiger partial charge in [0.05, 0.1) is 17.8 Å². The van der Waals surface area contributed by atoms with Gasteiger partial charge in [-0.1, -0.05) is 0 Å². The van der Waals surface area contributed by atoms with Gasteiger partial charge >= 0.3 is 6.09 Å². The maximum absolute atomic E-state index is 11.1. The standard InChI is InChI=1S/C15H14N4O2/c1-10-13(3-2-4-17-10)14-11(8-16)7-12-9-18(15(20)21)5-6-19(12)14/h2-4,7H,5-6,9H2,1H3,(H,20,21). The van der Waals surface area contributed by atoms with E-state index < -0.39 is 6.09 Å². The summed E-state index contributed by atoms with van der Waals surface area (Å²) >= 11 is 0. The first-order valence-electron chi connectivity index (χ1n) is 6.64. The number of rotatable bonds is 1. The van der Waals surface area contributed by atoms with Gasteiger partial charge in [0.2, 0.25) is 0 Å². The lowest BCUT2D eigenvalue weighted by Gasteiger charge is -2.27. The van der Waals surface area contributed by atoms with Gasteiger partial charge < -0.3 is 14.6 Å². The third-order valence-corrected chi connectivity index (χ3v) is 3.78. The van der Waals surface area contributed by atoms with E-state index in [-0.39, 0.29) is 0 Å². The van der Waals surface area contributed by atoms with Crippen LogP contribution in [0.1, 0.15) is 17.0 Å². The van der Waals surface area contributed by atoms with Crippen LogP contribution >= 0.6 is 0 Å². The van der Waals surface area contributed by atoms with E-state index in [4.69, 9.17) is 5.11 Å². The minimum atomic E-state index is -0.930. The number of carbonyl (C=O) groups is 1. The molecule has 3 heterocycles. The van der Waals surface area contributed by atoms with Gasteiger partial charge in [-0.05, 0) is 25.1 Å². The maximum Gasteiger partial charge on any atom is 0.407 e. The second-order valence-corrected chi connectivity index (χ2v) is 5.00. The van der Waals surface area contributed by atoms with Crippen molar-refractivity contribution in [3.8, 4) is 17.3 Å². The van der Waals surface area contributed by atoms with Crippen molar-refractivity contribution in [2.45, 2.75) is 20.0 Å². The summed E-state index contributed by atoms with van der Waals surface area (Å²) in [7, 11) is 0. The number of nitriles is 1. The van der Waals surface area contributed by atoms with E-state index in [1.165, 1.54) is 4.90 Å². The van der Waals surface area contributed by atoms with Crippen LogP contribution in [-0.2, 0) is 13.1 Å². The number of aryl methyl sites for hydroxylation is 1. The predicted molar refractivity (Wildman–Crippen MR) is 75.5 cm³/mol. The molecule has 1 aliphatic heterocycles. The molecule has 0 aliphatic carbocycles. The van der Waals surface area contributed by atoms with Crippen molar-refractivity contribution in [3.63, 3.8) is 0 Å². The Morgan fingerprint density at radius 1 is 1.48 bits per heavy atom. The molecular weight excluding hydrogens is 268 g/mol. The first-order valence-corrected chi connectivity index (χ1v) is 6.64. The second-order valence-electron chi connectivity index (χ2n) is 5.00. The molecule has 2 aromatic heterocycles. The highest BCUT2D eigenvalue weighted by atomic mass is 16.4. The fraction of sp³-hybridized carbons (Fsp3) is 0.267. The maximum atomic E-state index is 11.1. The van der Waals surface area contributed by atoms with Crippen LogP contribution in [0.5, 0.6) is 0 Å². The Balaban J connectivity index is 2.14. The summed E-state index contributed by atoms with van der Waals surface area (Å²) in [5, 5.41) is 18.5. The lowest BCUT2D eigenvalue weighted by atomic mass is 10.1. The smallest absolute Gasteiger partial charge is 0.407 e. The molecule has 1 amide bonds. The topological polar surface area (TPSA) is 82.2 Å². The Hall–Kier alpha value is -2.81. The van der Waals surface area contributed by atoms with Gasteiger partial charge in [-0.3, -0.25) is 4.98 Å². The van der Waals surface area contributed by atoms with Crippen molar-refractivity contribution in [1.82, 2.24) is 14.5 Å². The highest BCUT2D eigenvalue weighted by molar-refractivity contribution is 5.71. The lowest BCUT2D eigenvalue weighted by Crippen LogP contribution is -2.37. The van der Waals surface area contributed by atoms with E-state index >= 15 is 0 Å². The molecule has 21 heavy (non-hydrogen) atoms. The van der Waals surface area contributed by atoms with Crippen LogP contribution in [0.4, 0.5) is 4.79 Å². The van der Waals surface area contributed by atoms with Crippen LogP contribution in [-0.4, -0.2) is 32.2 Å². The van der Waals surface area contributed by atoms with Gasteiger partial charge in [-0.25, -0.2) is 4.79 Å². The second kappa shape index (κ2) is 4.94. The van der Waals surface area contributed by atoms with Crippen LogP contribution < -0.4 is 0 Å². The predicted octanol–water partition coefficient (Wildman–Crippen LogP) is 2.22. The fourth-order valence-corrected chi connectivity index (χ4v) is 2.76. The quantitative estimate of drug-likeness (QED) is 0.869. The van der Waals surface area contributed by atoms with Crippen molar-refractivity contribution in [3.05, 3.63) is 41.3 Å². The zero-order chi connectivity index (χ0) is 15.0. The molecule has 3 rings (SSSR count). The summed E-state index contributed by atoms with van der Waals surface area (Å²) in [4.78, 5) is 16.7. The summed E-state index contributed by atoms with van der Waals surface area (Å²) in [6.07, 6.45) is 0.789. The van der Waals surface area contributed by atoms with E-state index in [9.17, 15) is 10.1 Å². The normalized spacial score (nSPS) is 13.6. The Bertz CT molecular complexity index is 758. The van der Waals surface area contributed by atoms with E-state index in [1.54, 1.807) is 12.3 Å². The molecule has 6 heteroatoms. The highest BCUT2D eigenvalue weighted by Gasteiger charge is 2.25. The van der Waals surface area contributed by atoms with Crippen LogP contribution in [0.2, 0.25) is 0 Å². The first kappa shape index (κ1) is 13.2. The minimum Gasteiger partial charge on any atom is -0.465 e. The number of hydrogen-bond acceptors (Lipinski definition) is 3. The zero-order valence-corrected chi connectivity index (χ0v) is 11.6. The van der Waals surface area contributed by atoms with Crippen LogP contribution in [0.15, 0.2) is 24.4 Å². The largest absolute Gasteiger partial charge is 0.465 e. The van der Waals surface area contributed by atoms with Crippen molar-refractivity contribution in [2.75, 3.05) is 6.54 Å². The number of pyridine rings is 1. The number of nitrogens with zero attached hydrogens (tertiary/aromatic N) is 4. The summed E-state index contributed by atoms with van der Waals surface area (Å²) in [5.74, 6) is 0. The lowest BCUT2D eigenvalue weighted by molar-refractivity contribution is 0.133. The molecule has 0 bridgehead atoms. The fourth-order valence-electron chi connectivity index (χ4n) is 2.76. The summed E-state index contributed by atoms with van der Waals surface area (Å²) in [5.41, 5.74) is 4.02. The molecular formula is C15H14N4O2. The van der Waals surface area contributed by atoms with Crippen LogP contribution in [0.25, 0.3) is 11.3 Å². The molecule has 0 saturated carbocycles. The molecule has 0 unspecified atom stereocenters. The van der Waals surface area contributed by atoms with Crippen molar-refractivity contribution < 1.29 is 9.90 Å². The first-order chi connectivity index (χ1) is 10.1. The average Bonchev–Trinajstić information content (AvgIpc) is 2.85. The molecule has 1 aliphatic rings. The van der Waals surface area contributed by atoms with Crippen molar-refractivity contribution in [2.24, 2.45) is 0 Å². The summed E-state index contributed by atoms with van der Waals surface area (Å²) in [6.45, 7) is 3.19. The Morgan fingerprint density at radius 3 is 2.95 bits per heavy atom. The molecule has 0 spiro atoms. The number of aromatic nitrogens is 2. The SMILES string of the molecule is Cc1ncccc1-c1c(C#N)cc2n1CCN(C(=O)O)C2. The van der Waals surface area contributed by atoms with Gasteiger partial charge in [-0.2, -0.15) is 5.26 Å². The third kappa shape index (κ3) is 2.13. The Morgan fingerprint density at radius 2 is 2.29 bits per heavy atom. The van der Waals surface area contributed by atoms with Crippen LogP contribution in [0, 0.1) is 18.3 Å². The highest BCUT2D eigenvalue weighted by Crippen LogP contribution is 2.31. The average molecular weight is 282 g/mol. The van der Waals surface area contributed by atoms with Gasteiger partial charge in [-0.15, -0.1) is 0 Å². The van der Waals surface area contributed by atoms with E-state index in [0.717, 1.165) is 22.6 Å². The van der Waals surface area contributed by atoms with Crippen molar-refractivity contribution in [1.29, 1.82) is 5.26 Å². The van der Waals surface area contributed by atoms with Gasteiger partial charge in [0.1, 0.15) is 6.07 Å². The van der Waals surface area contributed by atoms with E-state index in [2.05, 4.69) is 11.1 Å². The summed E-state index contributed by atoms with van der Waals surface area (Å²) < 4.78 is 2.03. The third-order valence-electron chi connectivity index (χ3n) is 3.78. The molecule has 0 radical (unpaired) electrons. The van der Waals surface area contributed by atoms with Gasteiger partial charge in [0.15, 0.2) is 0 Å². The summed E-state index contributed by atoms with van der Waals surface area (Å²) in [6, 6.07) is 7.77. The Labute approximate surface area is 121 Å². The minimum absolute atomic E-state index is 0.309. The van der Waals surface area contributed by atoms with Gasteiger partial charge in [0.25, 0.3) is 0 Å². The van der Waals surface area contributed by atoms with E-state index in [1.807, 2.05) is 23.6 Å². The number of hydrogen-bond donors (Lipinski definition) is 1. The molecule has 106 valence electrons. The van der Waals surface area contributed by atoms with E-state index in [0.29, 0.717) is 25.2 Å². The molecule has 0 fully saturated rings. The number of amides is 1. The number of fused-ring (bicyclic) bond motifs is 1. The molecule has 0 saturated heterocycles. The van der Waals surface area contributed by atoms with Crippen LogP contribution in [0.3, 0.4) is 0 Å². The zero-order valence-electron chi connectivity index (χ0n) is 11.6. The molecule has 1 N–H and O–H groups in total. The Kier molecular flexibility index (Phi) is 3.10. The molecule has 2 aromatic rings. The number of carboxylic acid groups (broad SMARTS) is 1.